The maximum Gasteiger partial charge on any atom is 0.251 e. The molecule has 0 aliphatic rings. The molecule has 200 valence electrons. The van der Waals surface area contributed by atoms with Gasteiger partial charge in [0.05, 0.1) is 6.04 Å². The zero-order valence-electron chi connectivity index (χ0n) is 22.8. The highest BCUT2D eigenvalue weighted by atomic mass is 32.2. The fourth-order valence-electron chi connectivity index (χ4n) is 4.68. The number of rotatable bonds is 9. The first-order valence-corrected chi connectivity index (χ1v) is 14.1. The first-order valence-electron chi connectivity index (χ1n) is 12.9. The molecular weight excluding hydrogens is 496 g/mol. The Labute approximate surface area is 227 Å². The number of fused-ring (bicyclic) bond motifs is 1. The maximum absolute atomic E-state index is 13.2. The highest BCUT2D eigenvalue weighted by Crippen LogP contribution is 2.28. The topological polar surface area (TPSA) is 80.6 Å². The van der Waals surface area contributed by atoms with Crippen LogP contribution in [0.1, 0.15) is 78.0 Å². The van der Waals surface area contributed by atoms with Crippen LogP contribution in [0, 0.1) is 13.8 Å². The SMILES string of the molecule is Cc1c(C)n(Cc2cccc(O[C@@H](C)S(=O)O)c2)c2ccc(C(=O)N[C@@H](C)c3cccc(C(C)C)c3)cc12. The molecule has 2 N–H and O–H groups in total. The van der Waals surface area contributed by atoms with Crippen molar-refractivity contribution >= 4 is 27.9 Å². The molecule has 0 aliphatic heterocycles. The average Bonchev–Trinajstić information content (AvgIpc) is 3.13. The molecular formula is C31H36N2O4S. The van der Waals surface area contributed by atoms with Crippen molar-refractivity contribution in [3.05, 3.63) is 100 Å². The smallest absolute Gasteiger partial charge is 0.251 e. The highest BCUT2D eigenvalue weighted by molar-refractivity contribution is 7.79. The third-order valence-electron chi connectivity index (χ3n) is 7.15. The molecule has 38 heavy (non-hydrogen) atoms. The number of amides is 1. The monoisotopic (exact) mass is 532 g/mol. The number of hydrogen-bond donors (Lipinski definition) is 2. The van der Waals surface area contributed by atoms with Gasteiger partial charge in [0.25, 0.3) is 5.91 Å². The number of benzene rings is 3. The third-order valence-corrected chi connectivity index (χ3v) is 7.82. The molecule has 6 nitrogen and oxygen atoms in total. The normalized spacial score (nSPS) is 13.9. The molecule has 0 fully saturated rings. The van der Waals surface area contributed by atoms with Crippen LogP contribution in [0.15, 0.2) is 66.7 Å². The summed E-state index contributed by atoms with van der Waals surface area (Å²) in [6, 6.07) is 21.7. The van der Waals surface area contributed by atoms with E-state index < -0.39 is 16.5 Å². The van der Waals surface area contributed by atoms with Gasteiger partial charge in [0.2, 0.25) is 0 Å². The molecule has 1 unspecified atom stereocenters. The van der Waals surface area contributed by atoms with Gasteiger partial charge < -0.3 is 19.2 Å². The van der Waals surface area contributed by atoms with Gasteiger partial charge in [0.15, 0.2) is 16.5 Å². The van der Waals surface area contributed by atoms with Crippen LogP contribution in [0.2, 0.25) is 0 Å². The lowest BCUT2D eigenvalue weighted by Gasteiger charge is -2.16. The number of ether oxygens (including phenoxy) is 1. The molecule has 0 spiro atoms. The van der Waals surface area contributed by atoms with Crippen LogP contribution in [0.3, 0.4) is 0 Å². The van der Waals surface area contributed by atoms with E-state index in [9.17, 15) is 13.6 Å². The van der Waals surface area contributed by atoms with Gasteiger partial charge in [-0.15, -0.1) is 0 Å². The number of aryl methyl sites for hydroxylation is 1. The van der Waals surface area contributed by atoms with Crippen LogP contribution >= 0.6 is 0 Å². The predicted molar refractivity (Wildman–Crippen MR) is 154 cm³/mol. The van der Waals surface area contributed by atoms with E-state index in [1.807, 2.05) is 49.4 Å². The minimum absolute atomic E-state index is 0.0978. The van der Waals surface area contributed by atoms with Crippen LogP contribution in [0.25, 0.3) is 10.9 Å². The van der Waals surface area contributed by atoms with Gasteiger partial charge >= 0.3 is 0 Å². The summed E-state index contributed by atoms with van der Waals surface area (Å²) in [5.41, 5.74) is 6.47. The fraction of sp³-hybridized carbons (Fsp3) is 0.323. The third kappa shape index (κ3) is 6.00. The number of hydrogen-bond acceptors (Lipinski definition) is 3. The van der Waals surface area contributed by atoms with Crippen molar-refractivity contribution < 1.29 is 18.3 Å². The summed E-state index contributed by atoms with van der Waals surface area (Å²) in [6.07, 6.45) is 0. The largest absolute Gasteiger partial charge is 0.475 e. The summed E-state index contributed by atoms with van der Waals surface area (Å²) in [5, 5.41) is 4.20. The van der Waals surface area contributed by atoms with Crippen molar-refractivity contribution in [2.75, 3.05) is 0 Å². The van der Waals surface area contributed by atoms with E-state index in [4.69, 9.17) is 4.74 Å². The van der Waals surface area contributed by atoms with Crippen LogP contribution in [0.5, 0.6) is 5.75 Å². The molecule has 1 amide bonds. The number of aromatic nitrogens is 1. The van der Waals surface area contributed by atoms with Gasteiger partial charge in [-0.1, -0.05) is 50.2 Å². The molecule has 0 aliphatic carbocycles. The molecule has 0 saturated carbocycles. The van der Waals surface area contributed by atoms with Crippen molar-refractivity contribution in [3.63, 3.8) is 0 Å². The molecule has 0 saturated heterocycles. The Morgan fingerprint density at radius 3 is 2.39 bits per heavy atom. The van der Waals surface area contributed by atoms with Crippen LogP contribution in [-0.4, -0.2) is 24.7 Å². The quantitative estimate of drug-likeness (QED) is 0.231. The zero-order chi connectivity index (χ0) is 27.6. The first kappa shape index (κ1) is 27.6. The summed E-state index contributed by atoms with van der Waals surface area (Å²) >= 11 is -2.06. The molecule has 1 heterocycles. The number of carbonyl (C=O) groups is 1. The predicted octanol–water partition coefficient (Wildman–Crippen LogP) is 6.87. The summed E-state index contributed by atoms with van der Waals surface area (Å²) < 4.78 is 28.3. The van der Waals surface area contributed by atoms with Gasteiger partial charge in [0, 0.05) is 28.7 Å². The van der Waals surface area contributed by atoms with E-state index in [1.54, 1.807) is 13.0 Å². The summed E-state index contributed by atoms with van der Waals surface area (Å²) in [4.78, 5) is 13.2. The zero-order valence-corrected chi connectivity index (χ0v) is 23.6. The Morgan fingerprint density at radius 2 is 1.68 bits per heavy atom. The van der Waals surface area contributed by atoms with Gasteiger partial charge in [-0.2, -0.15) is 0 Å². The second-order valence-corrected chi connectivity index (χ2v) is 11.4. The second kappa shape index (κ2) is 11.5. The Hall–Kier alpha value is -3.42. The molecule has 4 aromatic rings. The fourth-order valence-corrected chi connectivity index (χ4v) is 4.87. The average molecular weight is 533 g/mol. The number of nitrogens with one attached hydrogen (secondary N) is 1. The van der Waals surface area contributed by atoms with Crippen molar-refractivity contribution in [2.24, 2.45) is 0 Å². The summed E-state index contributed by atoms with van der Waals surface area (Å²) in [6.45, 7) is 12.7. The molecule has 1 aromatic heterocycles. The standard InChI is InChI=1S/C31H36N2O4S/c1-19(2)25-10-8-11-26(16-25)21(4)32-31(34)27-13-14-30-29(17-27)20(3)22(5)33(30)18-24-9-7-12-28(15-24)37-23(6)38(35)36/h7-17,19,21,23H,18H2,1-6H3,(H,32,34)(H,35,36)/t21-,23+/m0/s1. The van der Waals surface area contributed by atoms with Crippen molar-refractivity contribution in [1.82, 2.24) is 9.88 Å². The van der Waals surface area contributed by atoms with E-state index in [1.165, 1.54) is 5.56 Å². The Bertz CT molecular complexity index is 1490. The van der Waals surface area contributed by atoms with Gasteiger partial charge in [0.1, 0.15) is 5.75 Å². The van der Waals surface area contributed by atoms with Crippen molar-refractivity contribution in [1.29, 1.82) is 0 Å². The molecule has 7 heteroatoms. The molecule has 3 aromatic carbocycles. The van der Waals surface area contributed by atoms with Crippen LogP contribution in [0.4, 0.5) is 0 Å². The molecule has 0 bridgehead atoms. The highest BCUT2D eigenvalue weighted by Gasteiger charge is 2.17. The molecule has 0 radical (unpaired) electrons. The van der Waals surface area contributed by atoms with E-state index in [-0.39, 0.29) is 11.9 Å². The molecule has 4 rings (SSSR count). The van der Waals surface area contributed by atoms with Crippen molar-refractivity contribution in [2.45, 2.75) is 65.5 Å². The minimum Gasteiger partial charge on any atom is -0.475 e. The lowest BCUT2D eigenvalue weighted by Crippen LogP contribution is -2.26. The van der Waals surface area contributed by atoms with E-state index in [0.29, 0.717) is 23.8 Å². The van der Waals surface area contributed by atoms with Gasteiger partial charge in [-0.05, 0) is 86.2 Å². The van der Waals surface area contributed by atoms with E-state index in [0.717, 1.165) is 33.3 Å². The summed E-state index contributed by atoms with van der Waals surface area (Å²) in [5.74, 6) is 0.884. The second-order valence-electron chi connectivity index (χ2n) is 10.2. The molecule has 3 atom stereocenters. The Morgan fingerprint density at radius 1 is 0.974 bits per heavy atom. The first-order chi connectivity index (χ1) is 18.0. The number of carbonyl (C=O) groups excluding carboxylic acids is 1. The lowest BCUT2D eigenvalue weighted by molar-refractivity contribution is 0.0940. The van der Waals surface area contributed by atoms with Crippen LogP contribution < -0.4 is 10.1 Å². The van der Waals surface area contributed by atoms with Gasteiger partial charge in [-0.25, -0.2) is 4.21 Å². The van der Waals surface area contributed by atoms with E-state index in [2.05, 4.69) is 55.8 Å². The summed E-state index contributed by atoms with van der Waals surface area (Å²) in [7, 11) is 0. The lowest BCUT2D eigenvalue weighted by atomic mass is 9.98. The van der Waals surface area contributed by atoms with Gasteiger partial charge in [-0.3, -0.25) is 4.79 Å². The minimum atomic E-state index is -2.06. The van der Waals surface area contributed by atoms with E-state index >= 15 is 0 Å². The number of nitrogens with zero attached hydrogens (tertiary/aromatic N) is 1. The van der Waals surface area contributed by atoms with Crippen LogP contribution in [-0.2, 0) is 17.6 Å². The van der Waals surface area contributed by atoms with Crippen molar-refractivity contribution in [3.8, 4) is 5.75 Å². The maximum atomic E-state index is 13.2. The Kier molecular flexibility index (Phi) is 8.38. The Balaban J connectivity index is 1.56.